The minimum absolute atomic E-state index is 0.0616. The number of hydrogen-bond donors (Lipinski definition) is 2. The zero-order valence-corrected chi connectivity index (χ0v) is 21.1. The van der Waals surface area contributed by atoms with Gasteiger partial charge in [-0.05, 0) is 42.0 Å². The number of nitrogens with zero attached hydrogens (tertiary/aromatic N) is 2. The van der Waals surface area contributed by atoms with Gasteiger partial charge in [-0.2, -0.15) is 11.8 Å². The summed E-state index contributed by atoms with van der Waals surface area (Å²) >= 11 is 7.82. The highest BCUT2D eigenvalue weighted by atomic mass is 35.5. The number of halogens is 2. The molecule has 0 radical (unpaired) electrons. The van der Waals surface area contributed by atoms with Crippen molar-refractivity contribution in [1.29, 1.82) is 0 Å². The van der Waals surface area contributed by atoms with Crippen molar-refractivity contribution in [2.75, 3.05) is 47.5 Å². The Kier molecular flexibility index (Phi) is 7.34. The fourth-order valence-corrected chi connectivity index (χ4v) is 5.74. The smallest absolute Gasteiger partial charge is 0.254 e. The molecule has 0 aromatic heterocycles. The third-order valence-electron chi connectivity index (χ3n) is 6.43. The molecule has 3 aromatic carbocycles. The number of benzene rings is 3. The van der Waals surface area contributed by atoms with Crippen LogP contribution in [0.3, 0.4) is 0 Å². The van der Waals surface area contributed by atoms with Crippen molar-refractivity contribution >= 4 is 52.2 Å². The highest BCUT2D eigenvalue weighted by molar-refractivity contribution is 7.98. The van der Waals surface area contributed by atoms with Gasteiger partial charge in [0.1, 0.15) is 11.9 Å². The van der Waals surface area contributed by atoms with Gasteiger partial charge in [0.15, 0.2) is 0 Å². The first-order valence-corrected chi connectivity index (χ1v) is 13.3. The van der Waals surface area contributed by atoms with Gasteiger partial charge in [-0.15, -0.1) is 0 Å². The molecule has 2 heterocycles. The maximum atomic E-state index is 13.8. The monoisotopic (exact) mass is 524 g/mol. The Labute approximate surface area is 218 Å². The summed E-state index contributed by atoms with van der Waals surface area (Å²) < 4.78 is 13.8. The molecule has 2 amide bonds. The Morgan fingerprint density at radius 2 is 1.75 bits per heavy atom. The van der Waals surface area contributed by atoms with E-state index in [-0.39, 0.29) is 17.6 Å². The van der Waals surface area contributed by atoms with E-state index in [2.05, 4.69) is 15.5 Å². The molecule has 9 heteroatoms. The van der Waals surface area contributed by atoms with Crippen LogP contribution in [-0.2, 0) is 10.5 Å². The molecule has 2 N–H and O–H groups in total. The van der Waals surface area contributed by atoms with Crippen LogP contribution < -0.4 is 15.5 Å². The molecule has 2 aliphatic heterocycles. The van der Waals surface area contributed by atoms with Gasteiger partial charge >= 0.3 is 0 Å². The lowest BCUT2D eigenvalue weighted by molar-refractivity contribution is -0.116. The molecule has 0 aliphatic carbocycles. The van der Waals surface area contributed by atoms with Crippen LogP contribution in [0.4, 0.5) is 21.5 Å². The molecule has 0 spiro atoms. The van der Waals surface area contributed by atoms with E-state index in [0.717, 1.165) is 11.4 Å². The van der Waals surface area contributed by atoms with Crippen LogP contribution in [-0.4, -0.2) is 54.7 Å². The molecule has 6 nitrogen and oxygen atoms in total. The summed E-state index contributed by atoms with van der Waals surface area (Å²) in [4.78, 5) is 29.9. The second kappa shape index (κ2) is 10.8. The van der Waals surface area contributed by atoms with Gasteiger partial charge in [-0.25, -0.2) is 4.39 Å². The standard InChI is InChI=1S/C27H26ClFN4O2S/c28-20-6-2-4-8-25(20)32-11-13-33(14-12-32)27(35)18-9-10-22-23(15-18)31-26(34)24(30-22)17-36-16-19-5-1-3-7-21(19)29/h1-10,15,24,30H,11-14,16-17H2,(H,31,34). The summed E-state index contributed by atoms with van der Waals surface area (Å²) in [5, 5.41) is 6.88. The van der Waals surface area contributed by atoms with Crippen molar-refractivity contribution in [1.82, 2.24) is 4.90 Å². The van der Waals surface area contributed by atoms with Crippen LogP contribution in [0.25, 0.3) is 0 Å². The number of amides is 2. The fraction of sp³-hybridized carbons (Fsp3) is 0.259. The van der Waals surface area contributed by atoms with E-state index in [0.29, 0.717) is 59.5 Å². The SMILES string of the molecule is O=C1Nc2cc(C(=O)N3CCN(c4ccccc4Cl)CC3)ccc2NC1CSCc1ccccc1F. The average molecular weight is 525 g/mol. The second-order valence-corrected chi connectivity index (χ2v) is 10.2. The molecule has 1 fully saturated rings. The molecule has 1 saturated heterocycles. The Morgan fingerprint density at radius 3 is 2.53 bits per heavy atom. The lowest BCUT2D eigenvalue weighted by atomic mass is 10.1. The fourth-order valence-electron chi connectivity index (χ4n) is 4.44. The minimum atomic E-state index is -0.436. The summed E-state index contributed by atoms with van der Waals surface area (Å²) in [6.07, 6.45) is 0. The van der Waals surface area contributed by atoms with Gasteiger partial charge in [0.2, 0.25) is 5.91 Å². The lowest BCUT2D eigenvalue weighted by Crippen LogP contribution is -2.49. The number of piperazine rings is 1. The first-order valence-electron chi connectivity index (χ1n) is 11.8. The predicted molar refractivity (Wildman–Crippen MR) is 145 cm³/mol. The third kappa shape index (κ3) is 5.29. The predicted octanol–water partition coefficient (Wildman–Crippen LogP) is 5.11. The van der Waals surface area contributed by atoms with Gasteiger partial charge in [-0.1, -0.05) is 41.9 Å². The van der Waals surface area contributed by atoms with E-state index in [1.165, 1.54) is 17.8 Å². The Balaban J connectivity index is 1.18. The summed E-state index contributed by atoms with van der Waals surface area (Å²) in [5.74, 6) is 0.520. The molecule has 0 saturated carbocycles. The van der Waals surface area contributed by atoms with Crippen LogP contribution >= 0.6 is 23.4 Å². The first-order chi connectivity index (χ1) is 17.5. The minimum Gasteiger partial charge on any atom is -0.371 e. The van der Waals surface area contributed by atoms with Crippen LogP contribution in [0.15, 0.2) is 66.7 Å². The molecule has 3 aromatic rings. The Bertz CT molecular complexity index is 1280. The molecule has 36 heavy (non-hydrogen) atoms. The van der Waals surface area contributed by atoms with Crippen LogP contribution in [0, 0.1) is 5.82 Å². The molecule has 186 valence electrons. The molecule has 0 bridgehead atoms. The van der Waals surface area contributed by atoms with E-state index < -0.39 is 6.04 Å². The van der Waals surface area contributed by atoms with E-state index in [1.54, 1.807) is 30.3 Å². The van der Waals surface area contributed by atoms with E-state index in [9.17, 15) is 14.0 Å². The van der Waals surface area contributed by atoms with Crippen molar-refractivity contribution in [3.8, 4) is 0 Å². The van der Waals surface area contributed by atoms with Crippen molar-refractivity contribution in [2.24, 2.45) is 0 Å². The maximum absolute atomic E-state index is 13.8. The molecular formula is C27H26ClFN4O2S. The molecule has 1 atom stereocenters. The number of fused-ring (bicyclic) bond motifs is 1. The number of rotatable bonds is 6. The lowest BCUT2D eigenvalue weighted by Gasteiger charge is -2.36. The Hall–Kier alpha value is -3.23. The van der Waals surface area contributed by atoms with E-state index >= 15 is 0 Å². The number of carbonyl (C=O) groups excluding carboxylic acids is 2. The number of anilines is 3. The van der Waals surface area contributed by atoms with Crippen LogP contribution in [0.1, 0.15) is 15.9 Å². The van der Waals surface area contributed by atoms with E-state index in [1.807, 2.05) is 35.2 Å². The van der Waals surface area contributed by atoms with Gasteiger partial charge in [0.25, 0.3) is 5.91 Å². The van der Waals surface area contributed by atoms with Gasteiger partial charge in [0, 0.05) is 43.2 Å². The molecule has 2 aliphatic rings. The van der Waals surface area contributed by atoms with Crippen molar-refractivity contribution in [3.05, 3.63) is 88.7 Å². The zero-order valence-electron chi connectivity index (χ0n) is 19.5. The second-order valence-electron chi connectivity index (χ2n) is 8.78. The van der Waals surface area contributed by atoms with Crippen molar-refractivity contribution in [2.45, 2.75) is 11.8 Å². The van der Waals surface area contributed by atoms with Gasteiger partial charge in [-0.3, -0.25) is 9.59 Å². The quantitative estimate of drug-likeness (QED) is 0.469. The van der Waals surface area contributed by atoms with Crippen molar-refractivity contribution in [3.63, 3.8) is 0 Å². The van der Waals surface area contributed by atoms with Crippen LogP contribution in [0.2, 0.25) is 5.02 Å². The zero-order chi connectivity index (χ0) is 25.1. The molecular weight excluding hydrogens is 499 g/mol. The molecule has 1 unspecified atom stereocenters. The van der Waals surface area contributed by atoms with Gasteiger partial charge < -0.3 is 20.4 Å². The molecule has 5 rings (SSSR count). The summed E-state index contributed by atoms with van der Waals surface area (Å²) in [6, 6.07) is 19.3. The maximum Gasteiger partial charge on any atom is 0.254 e. The van der Waals surface area contributed by atoms with E-state index in [4.69, 9.17) is 11.6 Å². The normalized spacial score (nSPS) is 17.3. The number of thioether (sulfide) groups is 1. The van der Waals surface area contributed by atoms with Gasteiger partial charge in [0.05, 0.1) is 22.1 Å². The number of hydrogen-bond acceptors (Lipinski definition) is 5. The average Bonchev–Trinajstić information content (AvgIpc) is 2.90. The third-order valence-corrected chi connectivity index (χ3v) is 7.83. The number of nitrogens with one attached hydrogen (secondary N) is 2. The Morgan fingerprint density at radius 1 is 1.00 bits per heavy atom. The number of carbonyl (C=O) groups is 2. The highest BCUT2D eigenvalue weighted by Crippen LogP contribution is 2.31. The highest BCUT2D eigenvalue weighted by Gasteiger charge is 2.28. The summed E-state index contributed by atoms with van der Waals surface area (Å²) in [5.41, 5.74) is 3.50. The number of para-hydroxylation sites is 1. The van der Waals surface area contributed by atoms with Crippen LogP contribution in [0.5, 0.6) is 0 Å². The van der Waals surface area contributed by atoms with Crippen molar-refractivity contribution < 1.29 is 14.0 Å². The first kappa shape index (κ1) is 24.5. The topological polar surface area (TPSA) is 64.7 Å². The summed E-state index contributed by atoms with van der Waals surface area (Å²) in [7, 11) is 0. The summed E-state index contributed by atoms with van der Waals surface area (Å²) in [6.45, 7) is 2.58. The largest absolute Gasteiger partial charge is 0.371 e.